The van der Waals surface area contributed by atoms with Gasteiger partial charge in [-0.1, -0.05) is 30.1 Å². The first-order valence-corrected chi connectivity index (χ1v) is 8.77. The molecule has 0 spiro atoms. The predicted octanol–water partition coefficient (Wildman–Crippen LogP) is 3.46. The van der Waals surface area contributed by atoms with Gasteiger partial charge in [0.2, 0.25) is 10.0 Å². The van der Waals surface area contributed by atoms with Crippen LogP contribution in [0.3, 0.4) is 0 Å². The Balaban J connectivity index is 0.00000361. The van der Waals surface area contributed by atoms with Crippen molar-refractivity contribution in [1.29, 1.82) is 0 Å². The predicted molar refractivity (Wildman–Crippen MR) is 89.8 cm³/mol. The van der Waals surface area contributed by atoms with Crippen LogP contribution < -0.4 is 10.0 Å². The molecule has 1 aromatic rings. The van der Waals surface area contributed by atoms with Gasteiger partial charge < -0.3 is 5.32 Å². The number of nitrogens with one attached hydrogen (secondary N) is 2. The lowest BCUT2D eigenvalue weighted by molar-refractivity contribution is 0.575. The molecule has 20 heavy (non-hydrogen) atoms. The number of halogens is 4. The van der Waals surface area contributed by atoms with Gasteiger partial charge in [0.15, 0.2) is 0 Å². The Morgan fingerprint density at radius 1 is 1.15 bits per heavy atom. The molecule has 0 fully saturated rings. The van der Waals surface area contributed by atoms with Crippen LogP contribution in [0.4, 0.5) is 0 Å². The lowest BCUT2D eigenvalue weighted by Gasteiger charge is -2.10. The maximum atomic E-state index is 12.1. The van der Waals surface area contributed by atoms with E-state index in [0.29, 0.717) is 17.6 Å². The summed E-state index contributed by atoms with van der Waals surface area (Å²) in [6.07, 6.45) is 1.00. The van der Waals surface area contributed by atoms with Gasteiger partial charge in [-0.25, -0.2) is 13.1 Å². The van der Waals surface area contributed by atoms with Gasteiger partial charge in [-0.05, 0) is 41.0 Å². The fourth-order valence-electron chi connectivity index (χ4n) is 1.37. The molecule has 9 heteroatoms. The van der Waals surface area contributed by atoms with Crippen LogP contribution in [-0.4, -0.2) is 28.1 Å². The van der Waals surface area contributed by atoms with Crippen LogP contribution in [0.2, 0.25) is 10.0 Å². The maximum absolute atomic E-state index is 12.1. The molecule has 0 unspecified atom stereocenters. The molecule has 116 valence electrons. The molecule has 0 atom stereocenters. The summed E-state index contributed by atoms with van der Waals surface area (Å²) in [7, 11) is -3.64. The summed E-state index contributed by atoms with van der Waals surface area (Å²) in [4.78, 5) is -0.0159. The topological polar surface area (TPSA) is 58.2 Å². The van der Waals surface area contributed by atoms with E-state index in [1.165, 1.54) is 6.07 Å². The van der Waals surface area contributed by atoms with Crippen molar-refractivity contribution < 1.29 is 8.42 Å². The summed E-state index contributed by atoms with van der Waals surface area (Å²) >= 11 is 15.0. The maximum Gasteiger partial charge on any atom is 0.242 e. The van der Waals surface area contributed by atoms with E-state index in [1.54, 1.807) is 6.07 Å². The van der Waals surface area contributed by atoms with Gasteiger partial charge in [-0.2, -0.15) is 0 Å². The summed E-state index contributed by atoms with van der Waals surface area (Å²) in [6, 6.07) is 2.97. The first-order chi connectivity index (χ1) is 8.90. The summed E-state index contributed by atoms with van der Waals surface area (Å²) in [5.41, 5.74) is 0. The van der Waals surface area contributed by atoms with Crippen molar-refractivity contribution in [3.8, 4) is 0 Å². The summed E-state index contributed by atoms with van der Waals surface area (Å²) in [6.45, 7) is 3.76. The summed E-state index contributed by atoms with van der Waals surface area (Å²) < 4.78 is 27.1. The number of sulfonamides is 1. The van der Waals surface area contributed by atoms with Crippen molar-refractivity contribution in [2.75, 3.05) is 19.6 Å². The van der Waals surface area contributed by atoms with Crippen LogP contribution in [0.1, 0.15) is 13.3 Å². The smallest absolute Gasteiger partial charge is 0.242 e. The van der Waals surface area contributed by atoms with E-state index in [1.807, 2.05) is 6.92 Å². The van der Waals surface area contributed by atoms with Crippen LogP contribution in [0, 0.1) is 0 Å². The molecular formula is C11H16BrCl3N2O2S. The monoisotopic (exact) mass is 424 g/mol. The fraction of sp³-hybridized carbons (Fsp3) is 0.455. The second kappa shape index (κ2) is 9.46. The van der Waals surface area contributed by atoms with Gasteiger partial charge in [0.05, 0.1) is 10.0 Å². The molecule has 0 aliphatic heterocycles. The molecule has 0 heterocycles. The van der Waals surface area contributed by atoms with Gasteiger partial charge in [0.1, 0.15) is 4.90 Å². The molecular weight excluding hydrogens is 410 g/mol. The van der Waals surface area contributed by atoms with Gasteiger partial charge >= 0.3 is 0 Å². The lowest BCUT2D eigenvalue weighted by atomic mass is 10.4. The molecule has 0 saturated heterocycles. The number of rotatable bonds is 7. The first kappa shape index (κ1) is 20.4. The summed E-state index contributed by atoms with van der Waals surface area (Å²) in [5.74, 6) is 0. The number of hydrogen-bond acceptors (Lipinski definition) is 3. The van der Waals surface area contributed by atoms with Crippen molar-refractivity contribution in [3.63, 3.8) is 0 Å². The van der Waals surface area contributed by atoms with Crippen LogP contribution in [0.15, 0.2) is 21.5 Å². The van der Waals surface area contributed by atoms with E-state index in [0.717, 1.165) is 13.0 Å². The van der Waals surface area contributed by atoms with Gasteiger partial charge in [-0.3, -0.25) is 0 Å². The van der Waals surface area contributed by atoms with Crippen molar-refractivity contribution in [2.24, 2.45) is 0 Å². The lowest BCUT2D eigenvalue weighted by Crippen LogP contribution is -2.32. The molecule has 0 saturated carbocycles. The highest BCUT2D eigenvalue weighted by Crippen LogP contribution is 2.34. The van der Waals surface area contributed by atoms with E-state index in [4.69, 9.17) is 23.2 Å². The molecule has 4 nitrogen and oxygen atoms in total. The molecule has 1 rings (SSSR count). The Kier molecular flexibility index (Phi) is 9.66. The normalized spacial score (nSPS) is 11.2. The van der Waals surface area contributed by atoms with Gasteiger partial charge in [0.25, 0.3) is 0 Å². The Bertz CT molecular complexity index is 541. The SMILES string of the molecule is CCCNCCNS(=O)(=O)c1ccc(Br)c(Cl)c1Cl.Cl. The van der Waals surface area contributed by atoms with E-state index in [-0.39, 0.29) is 27.3 Å². The molecule has 0 bridgehead atoms. The zero-order valence-corrected chi connectivity index (χ0v) is 15.5. The van der Waals surface area contributed by atoms with E-state index < -0.39 is 10.0 Å². The third-order valence-corrected chi connectivity index (χ3v) is 5.70. The fourth-order valence-corrected chi connectivity index (χ4v) is 3.62. The van der Waals surface area contributed by atoms with Crippen LogP contribution in [-0.2, 0) is 10.0 Å². The van der Waals surface area contributed by atoms with E-state index >= 15 is 0 Å². The largest absolute Gasteiger partial charge is 0.315 e. The standard InChI is InChI=1S/C11H15BrCl2N2O2S.ClH/c1-2-5-15-6-7-16-19(17,18)9-4-3-8(12)10(13)11(9)14;/h3-4,15-16H,2,5-7H2,1H3;1H. The minimum Gasteiger partial charge on any atom is -0.315 e. The highest BCUT2D eigenvalue weighted by atomic mass is 79.9. The third-order valence-electron chi connectivity index (χ3n) is 2.31. The van der Waals surface area contributed by atoms with Crippen LogP contribution in [0.25, 0.3) is 0 Å². The average molecular weight is 427 g/mol. The quantitative estimate of drug-likeness (QED) is 0.519. The van der Waals surface area contributed by atoms with E-state index in [2.05, 4.69) is 26.0 Å². The Labute approximate surface area is 144 Å². The highest BCUT2D eigenvalue weighted by Gasteiger charge is 2.20. The molecule has 2 N–H and O–H groups in total. The first-order valence-electron chi connectivity index (χ1n) is 5.74. The van der Waals surface area contributed by atoms with Gasteiger partial charge in [-0.15, -0.1) is 12.4 Å². The second-order valence-electron chi connectivity index (χ2n) is 3.82. The van der Waals surface area contributed by atoms with Crippen LogP contribution >= 0.6 is 51.5 Å². The second-order valence-corrected chi connectivity index (χ2v) is 7.17. The number of hydrogen-bond donors (Lipinski definition) is 2. The van der Waals surface area contributed by atoms with Crippen molar-refractivity contribution >= 4 is 61.6 Å². The van der Waals surface area contributed by atoms with Crippen molar-refractivity contribution in [2.45, 2.75) is 18.2 Å². The minimum absolute atomic E-state index is 0. The van der Waals surface area contributed by atoms with Gasteiger partial charge in [0, 0.05) is 17.6 Å². The minimum atomic E-state index is -3.64. The number of benzene rings is 1. The molecule has 0 aliphatic rings. The van der Waals surface area contributed by atoms with Crippen LogP contribution in [0.5, 0.6) is 0 Å². The zero-order valence-electron chi connectivity index (χ0n) is 10.8. The Hall–Kier alpha value is 0.440. The summed E-state index contributed by atoms with van der Waals surface area (Å²) in [5, 5.41) is 3.31. The van der Waals surface area contributed by atoms with Crippen molar-refractivity contribution in [3.05, 3.63) is 26.7 Å². The van der Waals surface area contributed by atoms with Crippen molar-refractivity contribution in [1.82, 2.24) is 10.0 Å². The third kappa shape index (κ3) is 5.67. The Morgan fingerprint density at radius 3 is 2.40 bits per heavy atom. The average Bonchev–Trinajstić information content (AvgIpc) is 2.35. The van der Waals surface area contributed by atoms with E-state index in [9.17, 15) is 8.42 Å². The zero-order chi connectivity index (χ0) is 14.5. The molecule has 0 aliphatic carbocycles. The molecule has 1 aromatic carbocycles. The molecule has 0 aromatic heterocycles. The molecule has 0 amide bonds. The molecule has 0 radical (unpaired) electrons. The Morgan fingerprint density at radius 2 is 1.80 bits per heavy atom. The highest BCUT2D eigenvalue weighted by molar-refractivity contribution is 9.10.